The molecule has 2 rings (SSSR count). The summed E-state index contributed by atoms with van der Waals surface area (Å²) in [6.45, 7) is 3.90. The van der Waals surface area contributed by atoms with E-state index in [1.165, 1.54) is 17.1 Å². The second-order valence-corrected chi connectivity index (χ2v) is 4.59. The molecule has 0 radical (unpaired) electrons. The third-order valence-electron chi connectivity index (χ3n) is 2.80. The molecule has 0 saturated carbocycles. The first kappa shape index (κ1) is 14.5. The standard InChI is InChI=1S/C14H19FN4O/c1-3-6-16-8-11-4-5-13(15)12(7-11)9-20-14-17-10-19(2)18-14/h4-5,7,10,16H,3,6,8-9H2,1-2H3. The normalized spacial score (nSPS) is 10.8. The van der Waals surface area contributed by atoms with Gasteiger partial charge in [0.1, 0.15) is 18.8 Å². The van der Waals surface area contributed by atoms with Crippen molar-refractivity contribution in [2.75, 3.05) is 6.54 Å². The van der Waals surface area contributed by atoms with Gasteiger partial charge in [-0.25, -0.2) is 4.39 Å². The van der Waals surface area contributed by atoms with Crippen molar-refractivity contribution in [3.05, 3.63) is 41.5 Å². The van der Waals surface area contributed by atoms with Crippen LogP contribution >= 0.6 is 0 Å². The summed E-state index contributed by atoms with van der Waals surface area (Å²) in [4.78, 5) is 3.94. The Hall–Kier alpha value is -1.95. The minimum Gasteiger partial charge on any atom is -0.457 e. The highest BCUT2D eigenvalue weighted by molar-refractivity contribution is 5.25. The third-order valence-corrected chi connectivity index (χ3v) is 2.80. The lowest BCUT2D eigenvalue weighted by molar-refractivity contribution is 0.274. The molecule has 0 aliphatic heterocycles. The first-order valence-electron chi connectivity index (χ1n) is 6.65. The van der Waals surface area contributed by atoms with Crippen LogP contribution in [0.25, 0.3) is 0 Å². The predicted octanol–water partition coefficient (Wildman–Crippen LogP) is 2.03. The van der Waals surface area contributed by atoms with E-state index in [9.17, 15) is 4.39 Å². The minimum absolute atomic E-state index is 0.122. The lowest BCUT2D eigenvalue weighted by Gasteiger charge is -2.08. The van der Waals surface area contributed by atoms with Gasteiger partial charge in [-0.1, -0.05) is 13.0 Å². The molecular formula is C14H19FN4O. The molecule has 0 atom stereocenters. The first-order chi connectivity index (χ1) is 9.69. The van der Waals surface area contributed by atoms with Crippen LogP contribution in [0.2, 0.25) is 0 Å². The largest absolute Gasteiger partial charge is 0.457 e. The number of hydrogen-bond acceptors (Lipinski definition) is 4. The van der Waals surface area contributed by atoms with Crippen LogP contribution < -0.4 is 10.1 Å². The van der Waals surface area contributed by atoms with Gasteiger partial charge < -0.3 is 10.1 Å². The van der Waals surface area contributed by atoms with E-state index in [1.807, 2.05) is 0 Å². The number of aromatic nitrogens is 3. The molecule has 0 aliphatic rings. The number of nitrogens with one attached hydrogen (secondary N) is 1. The van der Waals surface area contributed by atoms with Crippen molar-refractivity contribution < 1.29 is 9.13 Å². The number of halogens is 1. The van der Waals surface area contributed by atoms with E-state index in [-0.39, 0.29) is 18.4 Å². The maximum absolute atomic E-state index is 13.7. The lowest BCUT2D eigenvalue weighted by Crippen LogP contribution is -2.14. The van der Waals surface area contributed by atoms with Crippen molar-refractivity contribution in [1.82, 2.24) is 20.1 Å². The number of ether oxygens (including phenoxy) is 1. The van der Waals surface area contributed by atoms with Gasteiger partial charge in [0.25, 0.3) is 0 Å². The lowest BCUT2D eigenvalue weighted by atomic mass is 10.1. The van der Waals surface area contributed by atoms with E-state index in [0.29, 0.717) is 5.56 Å². The topological polar surface area (TPSA) is 52.0 Å². The van der Waals surface area contributed by atoms with Crippen LogP contribution in [0.5, 0.6) is 6.01 Å². The van der Waals surface area contributed by atoms with Crippen molar-refractivity contribution in [2.45, 2.75) is 26.5 Å². The van der Waals surface area contributed by atoms with E-state index in [4.69, 9.17) is 4.74 Å². The molecule has 1 aromatic heterocycles. The molecule has 1 heterocycles. The molecular weight excluding hydrogens is 259 g/mol. The Balaban J connectivity index is 1.97. The summed E-state index contributed by atoms with van der Waals surface area (Å²) in [6.07, 6.45) is 2.61. The van der Waals surface area contributed by atoms with E-state index in [1.54, 1.807) is 19.2 Å². The van der Waals surface area contributed by atoms with E-state index < -0.39 is 0 Å². The van der Waals surface area contributed by atoms with Crippen molar-refractivity contribution >= 4 is 0 Å². The Bertz CT molecular complexity index is 556. The van der Waals surface area contributed by atoms with Crippen molar-refractivity contribution in [3.8, 4) is 6.01 Å². The maximum Gasteiger partial charge on any atom is 0.335 e. The molecule has 1 aromatic carbocycles. The quantitative estimate of drug-likeness (QED) is 0.787. The highest BCUT2D eigenvalue weighted by Gasteiger charge is 2.06. The van der Waals surface area contributed by atoms with Gasteiger partial charge in [-0.15, -0.1) is 5.10 Å². The monoisotopic (exact) mass is 278 g/mol. The molecule has 0 unspecified atom stereocenters. The van der Waals surface area contributed by atoms with Crippen molar-refractivity contribution in [2.24, 2.45) is 7.05 Å². The fraction of sp³-hybridized carbons (Fsp3) is 0.429. The molecule has 20 heavy (non-hydrogen) atoms. The molecule has 108 valence electrons. The SMILES string of the molecule is CCCNCc1ccc(F)c(COc2ncn(C)n2)c1. The minimum atomic E-state index is -0.278. The van der Waals surface area contributed by atoms with Crippen LogP contribution in [0.4, 0.5) is 4.39 Å². The van der Waals surface area contributed by atoms with Crippen molar-refractivity contribution in [1.29, 1.82) is 0 Å². The van der Waals surface area contributed by atoms with Gasteiger partial charge in [-0.3, -0.25) is 4.68 Å². The van der Waals surface area contributed by atoms with Crippen LogP contribution in [0, 0.1) is 5.82 Å². The Kier molecular flexibility index (Phi) is 5.06. The zero-order chi connectivity index (χ0) is 14.4. The fourth-order valence-electron chi connectivity index (χ4n) is 1.79. The van der Waals surface area contributed by atoms with E-state index in [0.717, 1.165) is 25.1 Å². The van der Waals surface area contributed by atoms with Gasteiger partial charge >= 0.3 is 6.01 Å². The average Bonchev–Trinajstić information content (AvgIpc) is 2.85. The molecule has 0 fully saturated rings. The van der Waals surface area contributed by atoms with E-state index in [2.05, 4.69) is 22.3 Å². The molecule has 0 aliphatic carbocycles. The summed E-state index contributed by atoms with van der Waals surface area (Å²) in [5.41, 5.74) is 1.54. The summed E-state index contributed by atoms with van der Waals surface area (Å²) in [7, 11) is 1.75. The van der Waals surface area contributed by atoms with Crippen LogP contribution in [0.3, 0.4) is 0 Å². The number of hydrogen-bond donors (Lipinski definition) is 1. The maximum atomic E-state index is 13.7. The fourth-order valence-corrected chi connectivity index (χ4v) is 1.79. The molecule has 6 heteroatoms. The highest BCUT2D eigenvalue weighted by atomic mass is 19.1. The molecule has 0 spiro atoms. The molecule has 2 aromatic rings. The summed E-state index contributed by atoms with van der Waals surface area (Å²) < 4.78 is 20.6. The Labute approximate surface area is 117 Å². The van der Waals surface area contributed by atoms with Crippen LogP contribution in [0.15, 0.2) is 24.5 Å². The van der Waals surface area contributed by atoms with Gasteiger partial charge in [0.2, 0.25) is 0 Å². The molecule has 5 nitrogen and oxygen atoms in total. The van der Waals surface area contributed by atoms with Crippen LogP contribution in [0.1, 0.15) is 24.5 Å². The summed E-state index contributed by atoms with van der Waals surface area (Å²) in [5, 5.41) is 7.27. The zero-order valence-corrected chi connectivity index (χ0v) is 11.8. The van der Waals surface area contributed by atoms with Gasteiger partial charge in [0.15, 0.2) is 0 Å². The smallest absolute Gasteiger partial charge is 0.335 e. The Morgan fingerprint density at radius 1 is 1.40 bits per heavy atom. The molecule has 1 N–H and O–H groups in total. The Morgan fingerprint density at radius 2 is 2.25 bits per heavy atom. The second-order valence-electron chi connectivity index (χ2n) is 4.59. The van der Waals surface area contributed by atoms with Crippen LogP contribution in [-0.2, 0) is 20.2 Å². The number of rotatable bonds is 7. The number of nitrogens with zero attached hydrogens (tertiary/aromatic N) is 3. The van der Waals surface area contributed by atoms with Crippen molar-refractivity contribution in [3.63, 3.8) is 0 Å². The van der Waals surface area contributed by atoms with E-state index >= 15 is 0 Å². The predicted molar refractivity (Wildman–Crippen MR) is 73.7 cm³/mol. The van der Waals surface area contributed by atoms with Crippen LogP contribution in [-0.4, -0.2) is 21.3 Å². The molecule has 0 saturated heterocycles. The Morgan fingerprint density at radius 3 is 2.95 bits per heavy atom. The molecule has 0 amide bonds. The first-order valence-corrected chi connectivity index (χ1v) is 6.65. The highest BCUT2D eigenvalue weighted by Crippen LogP contribution is 2.13. The summed E-state index contributed by atoms with van der Waals surface area (Å²) in [5.74, 6) is -0.278. The van der Waals surface area contributed by atoms with Gasteiger partial charge in [0, 0.05) is 19.2 Å². The number of benzene rings is 1. The molecule has 0 bridgehead atoms. The second kappa shape index (κ2) is 7.00. The summed E-state index contributed by atoms with van der Waals surface area (Å²) in [6, 6.07) is 5.30. The zero-order valence-electron chi connectivity index (χ0n) is 11.8. The van der Waals surface area contributed by atoms with Gasteiger partial charge in [-0.05, 0) is 30.7 Å². The summed E-state index contributed by atoms with van der Waals surface area (Å²) >= 11 is 0. The third kappa shape index (κ3) is 4.03. The van der Waals surface area contributed by atoms with Gasteiger partial charge in [-0.2, -0.15) is 4.98 Å². The number of aryl methyl sites for hydroxylation is 1. The average molecular weight is 278 g/mol. The van der Waals surface area contributed by atoms with Gasteiger partial charge in [0.05, 0.1) is 0 Å².